The van der Waals surface area contributed by atoms with Crippen LogP contribution in [0.2, 0.25) is 0 Å². The lowest BCUT2D eigenvalue weighted by Crippen LogP contribution is -2.19. The lowest BCUT2D eigenvalue weighted by molar-refractivity contribution is -0.141. The summed E-state index contributed by atoms with van der Waals surface area (Å²) in [5, 5.41) is 13.1. The quantitative estimate of drug-likeness (QED) is 0.792. The number of nitrogens with zero attached hydrogens (tertiary/aromatic N) is 3. The van der Waals surface area contributed by atoms with Gasteiger partial charge in [-0.05, 0) is 0 Å². The Balaban J connectivity index is 2.83. The van der Waals surface area contributed by atoms with Crippen LogP contribution in [0.4, 0.5) is 0 Å². The molecule has 0 aliphatic carbocycles. The van der Waals surface area contributed by atoms with Gasteiger partial charge < -0.3 is 5.11 Å². The molecule has 0 amide bonds. The average Bonchev–Trinajstić information content (AvgIpc) is 2.60. The number of hydrogen-bond acceptors (Lipinski definition) is 3. The standard InChI is InChI=1S/C10H17N3O2/c1-4-8-11-9(5-2)13(12-8)6-7(3)10(14)15/h7H,4-6H2,1-3H3,(H,14,15). The fraction of sp³-hybridized carbons (Fsp3) is 0.700. The van der Waals surface area contributed by atoms with Gasteiger partial charge in [0.25, 0.3) is 0 Å². The summed E-state index contributed by atoms with van der Waals surface area (Å²) in [6.45, 7) is 6.05. The highest BCUT2D eigenvalue weighted by Crippen LogP contribution is 2.05. The minimum Gasteiger partial charge on any atom is -0.481 e. The maximum Gasteiger partial charge on any atom is 0.308 e. The molecule has 1 unspecified atom stereocenters. The van der Waals surface area contributed by atoms with E-state index < -0.39 is 11.9 Å². The Morgan fingerprint density at radius 1 is 1.47 bits per heavy atom. The molecule has 1 aromatic rings. The summed E-state index contributed by atoms with van der Waals surface area (Å²) in [5.74, 6) is 0.414. The van der Waals surface area contributed by atoms with Gasteiger partial charge in [0.2, 0.25) is 0 Å². The highest BCUT2D eigenvalue weighted by Gasteiger charge is 2.15. The Morgan fingerprint density at radius 2 is 2.13 bits per heavy atom. The van der Waals surface area contributed by atoms with Crippen molar-refractivity contribution in [1.29, 1.82) is 0 Å². The van der Waals surface area contributed by atoms with Gasteiger partial charge in [0.05, 0.1) is 12.5 Å². The van der Waals surface area contributed by atoms with Gasteiger partial charge in [-0.1, -0.05) is 20.8 Å². The molecule has 0 aromatic carbocycles. The van der Waals surface area contributed by atoms with Gasteiger partial charge in [-0.25, -0.2) is 9.67 Å². The molecule has 0 aliphatic heterocycles. The summed E-state index contributed by atoms with van der Waals surface area (Å²) in [6.07, 6.45) is 1.56. The van der Waals surface area contributed by atoms with Gasteiger partial charge in [0.15, 0.2) is 5.82 Å². The van der Waals surface area contributed by atoms with Crippen LogP contribution < -0.4 is 0 Å². The van der Waals surface area contributed by atoms with E-state index in [9.17, 15) is 4.79 Å². The number of carboxylic acids is 1. The van der Waals surface area contributed by atoms with E-state index in [0.29, 0.717) is 6.54 Å². The van der Waals surface area contributed by atoms with Crippen molar-refractivity contribution >= 4 is 5.97 Å². The van der Waals surface area contributed by atoms with Gasteiger partial charge in [-0.3, -0.25) is 4.79 Å². The first-order valence-corrected chi connectivity index (χ1v) is 5.23. The molecule has 0 saturated carbocycles. The largest absolute Gasteiger partial charge is 0.481 e. The third-order valence-corrected chi connectivity index (χ3v) is 2.29. The molecule has 0 saturated heterocycles. The van der Waals surface area contributed by atoms with Gasteiger partial charge in [0, 0.05) is 12.8 Å². The molecular formula is C10H17N3O2. The molecule has 15 heavy (non-hydrogen) atoms. The topological polar surface area (TPSA) is 68.0 Å². The summed E-state index contributed by atoms with van der Waals surface area (Å²) in [6, 6.07) is 0. The highest BCUT2D eigenvalue weighted by atomic mass is 16.4. The molecule has 1 rings (SSSR count). The maximum absolute atomic E-state index is 10.7. The first-order chi connectivity index (χ1) is 7.08. The monoisotopic (exact) mass is 211 g/mol. The Labute approximate surface area is 89.1 Å². The highest BCUT2D eigenvalue weighted by molar-refractivity contribution is 5.69. The average molecular weight is 211 g/mol. The Morgan fingerprint density at radius 3 is 2.60 bits per heavy atom. The first kappa shape index (κ1) is 11.7. The molecule has 5 heteroatoms. The van der Waals surface area contributed by atoms with E-state index >= 15 is 0 Å². The van der Waals surface area contributed by atoms with Crippen molar-refractivity contribution in [3.8, 4) is 0 Å². The summed E-state index contributed by atoms with van der Waals surface area (Å²) in [5.41, 5.74) is 0. The van der Waals surface area contributed by atoms with E-state index in [4.69, 9.17) is 5.11 Å². The van der Waals surface area contributed by atoms with Crippen LogP contribution in [0.25, 0.3) is 0 Å². The minimum atomic E-state index is -0.800. The van der Waals surface area contributed by atoms with Crippen molar-refractivity contribution in [2.75, 3.05) is 0 Å². The zero-order chi connectivity index (χ0) is 11.4. The third kappa shape index (κ3) is 2.78. The Bertz CT molecular complexity index is 346. The van der Waals surface area contributed by atoms with Crippen LogP contribution in [0.5, 0.6) is 0 Å². The zero-order valence-electron chi connectivity index (χ0n) is 9.40. The lowest BCUT2D eigenvalue weighted by Gasteiger charge is -2.07. The van der Waals surface area contributed by atoms with Crippen molar-refractivity contribution in [2.45, 2.75) is 40.2 Å². The molecule has 0 fully saturated rings. The fourth-order valence-electron chi connectivity index (χ4n) is 1.32. The molecule has 0 spiro atoms. The van der Waals surface area contributed by atoms with Crippen LogP contribution in [0.3, 0.4) is 0 Å². The van der Waals surface area contributed by atoms with Crippen molar-refractivity contribution in [3.05, 3.63) is 11.6 Å². The van der Waals surface area contributed by atoms with E-state index in [2.05, 4.69) is 10.1 Å². The molecule has 0 bridgehead atoms. The van der Waals surface area contributed by atoms with Gasteiger partial charge in [-0.15, -0.1) is 0 Å². The van der Waals surface area contributed by atoms with E-state index in [1.807, 2.05) is 13.8 Å². The van der Waals surface area contributed by atoms with E-state index in [-0.39, 0.29) is 0 Å². The summed E-state index contributed by atoms with van der Waals surface area (Å²) >= 11 is 0. The maximum atomic E-state index is 10.7. The first-order valence-electron chi connectivity index (χ1n) is 5.23. The summed E-state index contributed by atoms with van der Waals surface area (Å²) in [4.78, 5) is 15.0. The molecule has 0 aliphatic rings. The molecule has 1 aromatic heterocycles. The van der Waals surface area contributed by atoms with Crippen LogP contribution in [-0.2, 0) is 24.2 Å². The smallest absolute Gasteiger partial charge is 0.308 e. The van der Waals surface area contributed by atoms with E-state index in [1.165, 1.54) is 0 Å². The third-order valence-electron chi connectivity index (χ3n) is 2.29. The normalized spacial score (nSPS) is 12.7. The SMILES string of the molecule is CCc1nc(CC)n(CC(C)C(=O)O)n1. The zero-order valence-corrected chi connectivity index (χ0v) is 9.40. The molecule has 1 atom stereocenters. The molecule has 1 heterocycles. The Hall–Kier alpha value is -1.39. The summed E-state index contributed by atoms with van der Waals surface area (Å²) in [7, 11) is 0. The number of carboxylic acid groups (broad SMARTS) is 1. The van der Waals surface area contributed by atoms with Crippen LogP contribution in [-0.4, -0.2) is 25.8 Å². The van der Waals surface area contributed by atoms with Crippen molar-refractivity contribution in [3.63, 3.8) is 0 Å². The number of carbonyl (C=O) groups is 1. The van der Waals surface area contributed by atoms with Crippen molar-refractivity contribution < 1.29 is 9.90 Å². The fourth-order valence-corrected chi connectivity index (χ4v) is 1.32. The predicted molar refractivity (Wildman–Crippen MR) is 55.6 cm³/mol. The van der Waals surface area contributed by atoms with Crippen molar-refractivity contribution in [1.82, 2.24) is 14.8 Å². The van der Waals surface area contributed by atoms with E-state index in [0.717, 1.165) is 24.5 Å². The van der Waals surface area contributed by atoms with Crippen LogP contribution in [0.15, 0.2) is 0 Å². The number of rotatable bonds is 5. The second-order valence-electron chi connectivity index (χ2n) is 3.57. The van der Waals surface area contributed by atoms with E-state index in [1.54, 1.807) is 11.6 Å². The van der Waals surface area contributed by atoms with Crippen molar-refractivity contribution in [2.24, 2.45) is 5.92 Å². The van der Waals surface area contributed by atoms with Crippen LogP contribution in [0, 0.1) is 5.92 Å². The molecular weight excluding hydrogens is 194 g/mol. The second kappa shape index (κ2) is 4.91. The lowest BCUT2D eigenvalue weighted by atomic mass is 10.2. The predicted octanol–water partition coefficient (Wildman–Crippen LogP) is 1.12. The Kier molecular flexibility index (Phi) is 3.82. The van der Waals surface area contributed by atoms with Crippen LogP contribution >= 0.6 is 0 Å². The number of aryl methyl sites for hydroxylation is 2. The number of hydrogen-bond donors (Lipinski definition) is 1. The molecule has 1 N–H and O–H groups in total. The van der Waals surface area contributed by atoms with Gasteiger partial charge in [0.1, 0.15) is 5.82 Å². The van der Waals surface area contributed by atoms with Crippen LogP contribution in [0.1, 0.15) is 32.4 Å². The molecule has 84 valence electrons. The number of aliphatic carboxylic acids is 1. The molecule has 5 nitrogen and oxygen atoms in total. The number of aromatic nitrogens is 3. The summed E-state index contributed by atoms with van der Waals surface area (Å²) < 4.78 is 1.71. The van der Waals surface area contributed by atoms with Gasteiger partial charge in [-0.2, -0.15) is 5.10 Å². The molecule has 0 radical (unpaired) electrons. The van der Waals surface area contributed by atoms with Gasteiger partial charge >= 0.3 is 5.97 Å². The second-order valence-corrected chi connectivity index (χ2v) is 3.57. The minimum absolute atomic E-state index is 0.394.